The molecule has 0 saturated carbocycles. The largest absolute Gasteiger partial charge is 0.387 e. The summed E-state index contributed by atoms with van der Waals surface area (Å²) in [7, 11) is 0. The fraction of sp³-hybridized carbons (Fsp3) is 0.917. The molecule has 0 radical (unpaired) electrons. The standard InChI is InChI=1S/C12H25N3/c1-9-7-10(2)15(8-9)6-5-12(3,4)11(13)14/h9-10H,5-8H2,1-4H3,(H3,13,14). The van der Waals surface area contributed by atoms with Crippen molar-refractivity contribution >= 4 is 5.84 Å². The summed E-state index contributed by atoms with van der Waals surface area (Å²) >= 11 is 0. The predicted molar refractivity (Wildman–Crippen MR) is 65.1 cm³/mol. The third-order valence-electron chi connectivity index (χ3n) is 3.67. The lowest BCUT2D eigenvalue weighted by Crippen LogP contribution is -2.36. The van der Waals surface area contributed by atoms with Crippen molar-refractivity contribution in [2.45, 2.75) is 46.6 Å². The minimum absolute atomic E-state index is 0.147. The van der Waals surface area contributed by atoms with Gasteiger partial charge in [-0.1, -0.05) is 20.8 Å². The van der Waals surface area contributed by atoms with E-state index in [1.54, 1.807) is 0 Å². The topological polar surface area (TPSA) is 53.1 Å². The van der Waals surface area contributed by atoms with E-state index < -0.39 is 0 Å². The monoisotopic (exact) mass is 211 g/mol. The molecule has 2 unspecified atom stereocenters. The van der Waals surface area contributed by atoms with Gasteiger partial charge in [-0.25, -0.2) is 0 Å². The highest BCUT2D eigenvalue weighted by molar-refractivity contribution is 5.82. The van der Waals surface area contributed by atoms with Crippen LogP contribution < -0.4 is 5.73 Å². The normalized spacial score (nSPS) is 28.3. The molecule has 0 aromatic rings. The number of nitrogens with one attached hydrogen (secondary N) is 1. The summed E-state index contributed by atoms with van der Waals surface area (Å²) in [5, 5.41) is 7.52. The van der Waals surface area contributed by atoms with E-state index >= 15 is 0 Å². The molecule has 0 amide bonds. The lowest BCUT2D eigenvalue weighted by molar-refractivity contribution is 0.237. The Morgan fingerprint density at radius 1 is 1.47 bits per heavy atom. The molecule has 3 N–H and O–H groups in total. The Bertz CT molecular complexity index is 235. The summed E-state index contributed by atoms with van der Waals surface area (Å²) in [5.74, 6) is 1.13. The molecule has 1 aliphatic heterocycles. The highest BCUT2D eigenvalue weighted by atomic mass is 15.2. The highest BCUT2D eigenvalue weighted by Gasteiger charge is 2.28. The smallest absolute Gasteiger partial charge is 0.0963 e. The Morgan fingerprint density at radius 2 is 2.07 bits per heavy atom. The van der Waals surface area contributed by atoms with E-state index in [9.17, 15) is 0 Å². The van der Waals surface area contributed by atoms with Gasteiger partial charge in [0.1, 0.15) is 0 Å². The van der Waals surface area contributed by atoms with Crippen molar-refractivity contribution in [3.05, 3.63) is 0 Å². The zero-order chi connectivity index (χ0) is 11.6. The molecule has 0 spiro atoms. The van der Waals surface area contributed by atoms with Crippen molar-refractivity contribution in [1.29, 1.82) is 5.41 Å². The Kier molecular flexibility index (Phi) is 3.77. The number of likely N-dealkylation sites (tertiary alicyclic amines) is 1. The molecule has 3 heteroatoms. The number of amidine groups is 1. The summed E-state index contributed by atoms with van der Waals surface area (Å²) in [6, 6.07) is 0.697. The number of hydrogen-bond donors (Lipinski definition) is 2. The van der Waals surface area contributed by atoms with Crippen LogP contribution in [0, 0.1) is 16.7 Å². The van der Waals surface area contributed by atoms with E-state index in [2.05, 4.69) is 32.6 Å². The Morgan fingerprint density at radius 3 is 2.47 bits per heavy atom. The predicted octanol–water partition coefficient (Wildman–Crippen LogP) is 2.07. The molecule has 0 bridgehead atoms. The van der Waals surface area contributed by atoms with Crippen LogP contribution in [0.5, 0.6) is 0 Å². The van der Waals surface area contributed by atoms with E-state index in [0.29, 0.717) is 11.9 Å². The van der Waals surface area contributed by atoms with Gasteiger partial charge < -0.3 is 10.6 Å². The van der Waals surface area contributed by atoms with E-state index in [4.69, 9.17) is 11.1 Å². The van der Waals surface area contributed by atoms with Crippen LogP contribution >= 0.6 is 0 Å². The van der Waals surface area contributed by atoms with Crippen LogP contribution in [0.4, 0.5) is 0 Å². The van der Waals surface area contributed by atoms with Gasteiger partial charge >= 0.3 is 0 Å². The second-order valence-electron chi connectivity index (χ2n) is 5.73. The third kappa shape index (κ3) is 3.20. The lowest BCUT2D eigenvalue weighted by atomic mass is 9.88. The molecule has 3 nitrogen and oxygen atoms in total. The van der Waals surface area contributed by atoms with E-state index in [0.717, 1.165) is 18.9 Å². The van der Waals surface area contributed by atoms with Crippen molar-refractivity contribution in [1.82, 2.24) is 4.90 Å². The van der Waals surface area contributed by atoms with E-state index in [-0.39, 0.29) is 5.41 Å². The van der Waals surface area contributed by atoms with E-state index in [1.807, 2.05) is 0 Å². The molecule has 1 saturated heterocycles. The first kappa shape index (κ1) is 12.5. The van der Waals surface area contributed by atoms with Gasteiger partial charge in [0, 0.05) is 18.0 Å². The number of nitrogens with zero attached hydrogens (tertiary/aromatic N) is 1. The van der Waals surface area contributed by atoms with Crippen molar-refractivity contribution < 1.29 is 0 Å². The summed E-state index contributed by atoms with van der Waals surface area (Å²) in [4.78, 5) is 2.52. The Balaban J connectivity index is 2.40. The first-order valence-electron chi connectivity index (χ1n) is 5.91. The Labute approximate surface area is 93.5 Å². The second kappa shape index (κ2) is 4.52. The number of nitrogens with two attached hydrogens (primary N) is 1. The van der Waals surface area contributed by atoms with Crippen LogP contribution in [0.3, 0.4) is 0 Å². The van der Waals surface area contributed by atoms with Gasteiger partial charge in [-0.3, -0.25) is 5.41 Å². The van der Waals surface area contributed by atoms with Crippen LogP contribution in [0.2, 0.25) is 0 Å². The molecule has 88 valence electrons. The van der Waals surface area contributed by atoms with Gasteiger partial charge in [-0.2, -0.15) is 0 Å². The van der Waals surface area contributed by atoms with Crippen LogP contribution in [-0.4, -0.2) is 29.9 Å². The Hall–Kier alpha value is -0.570. The summed E-state index contributed by atoms with van der Waals surface area (Å²) in [6.45, 7) is 11.0. The van der Waals surface area contributed by atoms with Gasteiger partial charge in [0.2, 0.25) is 0 Å². The van der Waals surface area contributed by atoms with Gasteiger partial charge in [0.15, 0.2) is 0 Å². The van der Waals surface area contributed by atoms with Gasteiger partial charge in [-0.05, 0) is 32.2 Å². The molecule has 0 aromatic carbocycles. The molecule has 1 rings (SSSR count). The van der Waals surface area contributed by atoms with E-state index in [1.165, 1.54) is 13.0 Å². The molecule has 0 aromatic heterocycles. The number of hydrogen-bond acceptors (Lipinski definition) is 2. The zero-order valence-electron chi connectivity index (χ0n) is 10.5. The third-order valence-corrected chi connectivity index (χ3v) is 3.67. The molecule has 2 atom stereocenters. The minimum atomic E-state index is -0.147. The molecule has 15 heavy (non-hydrogen) atoms. The van der Waals surface area contributed by atoms with Gasteiger partial charge in [0.05, 0.1) is 5.84 Å². The van der Waals surface area contributed by atoms with Gasteiger partial charge in [0.25, 0.3) is 0 Å². The van der Waals surface area contributed by atoms with Crippen LogP contribution in [0.1, 0.15) is 40.5 Å². The maximum atomic E-state index is 7.52. The van der Waals surface area contributed by atoms with Crippen molar-refractivity contribution in [3.63, 3.8) is 0 Å². The van der Waals surface area contributed by atoms with Crippen molar-refractivity contribution in [2.24, 2.45) is 17.1 Å². The fourth-order valence-electron chi connectivity index (χ4n) is 2.26. The average molecular weight is 211 g/mol. The van der Waals surface area contributed by atoms with Crippen LogP contribution in [0.15, 0.2) is 0 Å². The van der Waals surface area contributed by atoms with Crippen molar-refractivity contribution in [2.75, 3.05) is 13.1 Å². The first-order chi connectivity index (χ1) is 6.83. The molecule has 1 fully saturated rings. The molecular formula is C12H25N3. The van der Waals surface area contributed by atoms with Crippen LogP contribution in [-0.2, 0) is 0 Å². The second-order valence-corrected chi connectivity index (χ2v) is 5.73. The average Bonchev–Trinajstić information content (AvgIpc) is 2.41. The summed E-state index contributed by atoms with van der Waals surface area (Å²) in [6.07, 6.45) is 2.29. The molecule has 0 aliphatic carbocycles. The minimum Gasteiger partial charge on any atom is -0.387 e. The van der Waals surface area contributed by atoms with Crippen LogP contribution in [0.25, 0.3) is 0 Å². The zero-order valence-corrected chi connectivity index (χ0v) is 10.5. The summed E-state index contributed by atoms with van der Waals surface area (Å²) < 4.78 is 0. The quantitative estimate of drug-likeness (QED) is 0.552. The maximum absolute atomic E-state index is 7.52. The lowest BCUT2D eigenvalue weighted by Gasteiger charge is -2.28. The SMILES string of the molecule is CC1CC(C)N(CCC(C)(C)C(=N)N)C1. The number of rotatable bonds is 4. The molecule has 1 heterocycles. The maximum Gasteiger partial charge on any atom is 0.0963 e. The first-order valence-corrected chi connectivity index (χ1v) is 5.91. The summed E-state index contributed by atoms with van der Waals surface area (Å²) in [5.41, 5.74) is 5.43. The van der Waals surface area contributed by atoms with Crippen molar-refractivity contribution in [3.8, 4) is 0 Å². The van der Waals surface area contributed by atoms with Gasteiger partial charge in [-0.15, -0.1) is 0 Å². The molecular weight excluding hydrogens is 186 g/mol. The highest BCUT2D eigenvalue weighted by Crippen LogP contribution is 2.26. The fourth-order valence-corrected chi connectivity index (χ4v) is 2.26. The molecule has 1 aliphatic rings.